The molecule has 2 aromatic rings. The van der Waals surface area contributed by atoms with Crippen LogP contribution in [0.3, 0.4) is 0 Å². The van der Waals surface area contributed by atoms with Crippen LogP contribution in [0.15, 0.2) is 36.1 Å². The van der Waals surface area contributed by atoms with Crippen LogP contribution in [0.25, 0.3) is 0 Å². The summed E-state index contributed by atoms with van der Waals surface area (Å²) in [6.07, 6.45) is -3.11. The van der Waals surface area contributed by atoms with E-state index in [2.05, 4.69) is 10.2 Å². The van der Waals surface area contributed by atoms with Gasteiger partial charge in [-0.25, -0.2) is 0 Å². The minimum atomic E-state index is -4.39. The number of aromatic nitrogens is 2. The molecular weight excluding hydrogens is 295 g/mol. The highest BCUT2D eigenvalue weighted by Gasteiger charge is 2.33. The predicted octanol–water partition coefficient (Wildman–Crippen LogP) is 3.67. The number of nitriles is 1. The van der Waals surface area contributed by atoms with Crippen molar-refractivity contribution in [3.63, 3.8) is 0 Å². The maximum Gasteiger partial charge on any atom is 0.416 e. The van der Waals surface area contributed by atoms with Crippen LogP contribution in [0.1, 0.15) is 28.3 Å². The summed E-state index contributed by atoms with van der Waals surface area (Å²) in [6, 6.07) is 6.80. The Morgan fingerprint density at radius 2 is 1.95 bits per heavy atom. The van der Waals surface area contributed by atoms with E-state index in [9.17, 15) is 18.4 Å². The second-order valence-corrected chi connectivity index (χ2v) is 4.92. The molecule has 0 saturated heterocycles. The third kappa shape index (κ3) is 2.22. The van der Waals surface area contributed by atoms with E-state index in [1.54, 1.807) is 6.92 Å². The number of nitrogens with zero attached hydrogens (tertiary/aromatic N) is 2. The molecule has 0 radical (unpaired) electrons. The fourth-order valence-corrected chi connectivity index (χ4v) is 2.49. The molecule has 0 aliphatic carbocycles. The van der Waals surface area contributed by atoms with Gasteiger partial charge < -0.3 is 4.74 Å². The lowest BCUT2D eigenvalue weighted by Crippen LogP contribution is -2.12. The zero-order chi connectivity index (χ0) is 15.9. The number of fused-ring (bicyclic) bond motifs is 1. The Kier molecular flexibility index (Phi) is 3.17. The van der Waals surface area contributed by atoms with Gasteiger partial charge >= 0.3 is 6.18 Å². The largest absolute Gasteiger partial charge is 0.444 e. The molecule has 4 nitrogen and oxygen atoms in total. The molecule has 0 amide bonds. The summed E-state index contributed by atoms with van der Waals surface area (Å²) in [5.41, 5.74) is 1.54. The van der Waals surface area contributed by atoms with Gasteiger partial charge in [-0.1, -0.05) is 12.1 Å². The first kappa shape index (κ1) is 14.2. The van der Waals surface area contributed by atoms with Crippen LogP contribution in [0.4, 0.5) is 13.2 Å². The Balaban J connectivity index is 2.08. The fourth-order valence-electron chi connectivity index (χ4n) is 2.49. The van der Waals surface area contributed by atoms with Crippen LogP contribution >= 0.6 is 0 Å². The number of rotatable bonds is 1. The minimum Gasteiger partial charge on any atom is -0.444 e. The van der Waals surface area contributed by atoms with E-state index in [1.807, 2.05) is 6.07 Å². The molecule has 0 unspecified atom stereocenters. The molecule has 1 atom stereocenters. The van der Waals surface area contributed by atoms with Gasteiger partial charge in [0.15, 0.2) is 0 Å². The summed E-state index contributed by atoms with van der Waals surface area (Å²) in [5, 5.41) is 16.0. The van der Waals surface area contributed by atoms with Crippen LogP contribution in [-0.4, -0.2) is 10.2 Å². The maximum absolute atomic E-state index is 12.7. The van der Waals surface area contributed by atoms with Crippen molar-refractivity contribution in [1.82, 2.24) is 10.2 Å². The molecule has 22 heavy (non-hydrogen) atoms. The fraction of sp³-hybridized carbons (Fsp3) is 0.200. The average molecular weight is 305 g/mol. The Morgan fingerprint density at radius 3 is 2.55 bits per heavy atom. The number of benzene rings is 1. The zero-order valence-electron chi connectivity index (χ0n) is 11.4. The van der Waals surface area contributed by atoms with Crippen molar-refractivity contribution < 1.29 is 17.9 Å². The van der Waals surface area contributed by atoms with Crippen LogP contribution in [0.2, 0.25) is 0 Å². The molecule has 7 heteroatoms. The Bertz CT molecular complexity index is 782. The van der Waals surface area contributed by atoms with Gasteiger partial charge in [-0.15, -0.1) is 5.10 Å². The van der Waals surface area contributed by atoms with Gasteiger partial charge in [0.25, 0.3) is 0 Å². The second-order valence-electron chi connectivity index (χ2n) is 4.92. The van der Waals surface area contributed by atoms with Crippen molar-refractivity contribution in [2.45, 2.75) is 19.0 Å². The molecule has 0 spiro atoms. The smallest absolute Gasteiger partial charge is 0.416 e. The molecule has 1 aromatic carbocycles. The van der Waals surface area contributed by atoms with Crippen LogP contribution < -0.4 is 4.74 Å². The molecule has 1 aliphatic heterocycles. The zero-order valence-corrected chi connectivity index (χ0v) is 11.4. The number of hydrogen-bond acceptors (Lipinski definition) is 3. The highest BCUT2D eigenvalue weighted by atomic mass is 19.4. The Labute approximate surface area is 123 Å². The number of ether oxygens (including phenoxy) is 1. The monoisotopic (exact) mass is 305 g/mol. The van der Waals surface area contributed by atoms with E-state index >= 15 is 0 Å². The number of halogens is 3. The lowest BCUT2D eigenvalue weighted by molar-refractivity contribution is -0.137. The molecule has 1 N–H and O–H groups in total. The molecular formula is C15H10F3N3O. The summed E-state index contributed by atoms with van der Waals surface area (Å²) in [4.78, 5) is 0. The van der Waals surface area contributed by atoms with Crippen molar-refractivity contribution in [2.24, 2.45) is 0 Å². The second kappa shape index (κ2) is 4.91. The van der Waals surface area contributed by atoms with Crippen LogP contribution in [-0.2, 0) is 6.18 Å². The predicted molar refractivity (Wildman–Crippen MR) is 70.9 cm³/mol. The Morgan fingerprint density at radius 1 is 1.27 bits per heavy atom. The molecule has 0 fully saturated rings. The molecule has 3 rings (SSSR count). The molecule has 0 bridgehead atoms. The number of allylic oxidation sites excluding steroid dienone is 1. The van der Waals surface area contributed by atoms with Crippen LogP contribution in [0, 0.1) is 18.3 Å². The summed E-state index contributed by atoms with van der Waals surface area (Å²) in [6.45, 7) is 1.77. The lowest BCUT2D eigenvalue weighted by atomic mass is 9.84. The topological polar surface area (TPSA) is 61.7 Å². The third-order valence-corrected chi connectivity index (χ3v) is 3.56. The molecule has 1 aromatic heterocycles. The van der Waals surface area contributed by atoms with Gasteiger partial charge in [-0.3, -0.25) is 5.10 Å². The van der Waals surface area contributed by atoms with Crippen molar-refractivity contribution in [1.29, 1.82) is 5.26 Å². The third-order valence-electron chi connectivity index (χ3n) is 3.56. The first-order valence-electron chi connectivity index (χ1n) is 6.40. The molecule has 2 heterocycles. The quantitative estimate of drug-likeness (QED) is 0.874. The van der Waals surface area contributed by atoms with E-state index in [1.165, 1.54) is 18.4 Å². The highest BCUT2D eigenvalue weighted by Crippen LogP contribution is 2.41. The minimum absolute atomic E-state index is 0.316. The first-order valence-corrected chi connectivity index (χ1v) is 6.40. The summed E-state index contributed by atoms with van der Waals surface area (Å²) >= 11 is 0. The van der Waals surface area contributed by atoms with E-state index in [-0.39, 0.29) is 0 Å². The summed E-state index contributed by atoms with van der Waals surface area (Å²) < 4.78 is 43.2. The molecule has 0 saturated carbocycles. The van der Waals surface area contributed by atoms with E-state index < -0.39 is 17.7 Å². The number of aryl methyl sites for hydroxylation is 1. The van der Waals surface area contributed by atoms with Crippen molar-refractivity contribution in [3.05, 3.63) is 58.5 Å². The summed E-state index contributed by atoms with van der Waals surface area (Å²) in [5.74, 6) is -0.156. The summed E-state index contributed by atoms with van der Waals surface area (Å²) in [7, 11) is 0. The van der Waals surface area contributed by atoms with Gasteiger partial charge in [0.05, 0.1) is 23.1 Å². The number of H-pyrrole nitrogens is 1. The number of alkyl halides is 3. The molecule has 112 valence electrons. The van der Waals surface area contributed by atoms with Crippen molar-refractivity contribution >= 4 is 0 Å². The van der Waals surface area contributed by atoms with Crippen molar-refractivity contribution in [2.75, 3.05) is 0 Å². The van der Waals surface area contributed by atoms with Gasteiger partial charge in [0, 0.05) is 11.3 Å². The molecule has 1 aliphatic rings. The normalized spacial score (nSPS) is 17.2. The number of hydrogen-bond donors (Lipinski definition) is 1. The SMILES string of the molecule is Cc1[nH]nc2c1[C@@H](c1ccc(C(F)(F)F)cc1)C(C#N)=CO2. The standard InChI is InChI=1S/C15H10F3N3O/c1-8-12-13(10(6-19)7-22-14(12)21-20-8)9-2-4-11(5-3-9)15(16,17)18/h2-5,7,13H,1H3,(H,20,21)/t13-/m0/s1. The highest BCUT2D eigenvalue weighted by molar-refractivity contribution is 5.53. The maximum atomic E-state index is 12.7. The number of nitrogens with one attached hydrogen (secondary N) is 1. The van der Waals surface area contributed by atoms with E-state index in [0.29, 0.717) is 28.3 Å². The first-order chi connectivity index (χ1) is 10.4. The van der Waals surface area contributed by atoms with Gasteiger partial charge in [-0.2, -0.15) is 18.4 Å². The van der Waals surface area contributed by atoms with Crippen LogP contribution in [0.5, 0.6) is 5.88 Å². The Hall–Kier alpha value is -2.75. The van der Waals surface area contributed by atoms with Gasteiger partial charge in [0.2, 0.25) is 5.88 Å². The average Bonchev–Trinajstić information content (AvgIpc) is 2.87. The lowest BCUT2D eigenvalue weighted by Gasteiger charge is -2.21. The number of aromatic amines is 1. The van der Waals surface area contributed by atoms with E-state index in [0.717, 1.165) is 12.1 Å². The van der Waals surface area contributed by atoms with E-state index in [4.69, 9.17) is 4.74 Å². The van der Waals surface area contributed by atoms with Crippen molar-refractivity contribution in [3.8, 4) is 11.9 Å². The van der Waals surface area contributed by atoms with Gasteiger partial charge in [-0.05, 0) is 24.6 Å². The van der Waals surface area contributed by atoms with Gasteiger partial charge in [0.1, 0.15) is 6.26 Å².